The monoisotopic (exact) mass is 276 g/mol. The van der Waals surface area contributed by atoms with Crippen LogP contribution in [0.5, 0.6) is 0 Å². The summed E-state index contributed by atoms with van der Waals surface area (Å²) in [5.74, 6) is -1.69. The highest BCUT2D eigenvalue weighted by Crippen LogP contribution is 2.19. The van der Waals surface area contributed by atoms with E-state index in [9.17, 15) is 9.59 Å². The molecular weight excluding hydrogens is 260 g/mol. The number of hydrogen-bond acceptors (Lipinski definition) is 5. The van der Waals surface area contributed by atoms with E-state index in [2.05, 4.69) is 9.80 Å². The molecule has 0 aromatic heterocycles. The number of benzene rings is 1. The van der Waals surface area contributed by atoms with Gasteiger partial charge >= 0.3 is 11.9 Å². The second-order valence-electron chi connectivity index (χ2n) is 5.05. The van der Waals surface area contributed by atoms with Gasteiger partial charge in [0.2, 0.25) is 0 Å². The highest BCUT2D eigenvalue weighted by Gasteiger charge is 2.34. The molecule has 3 heterocycles. The average Bonchev–Trinajstić information content (AvgIpc) is 2.48. The Hall–Kier alpha value is -1.92. The molecular formula is C14H16N2O4. The third-order valence-corrected chi connectivity index (χ3v) is 3.85. The molecule has 0 saturated carbocycles. The van der Waals surface area contributed by atoms with Gasteiger partial charge in [-0.15, -0.1) is 0 Å². The molecule has 20 heavy (non-hydrogen) atoms. The van der Waals surface area contributed by atoms with Gasteiger partial charge in [-0.1, -0.05) is 12.1 Å². The third-order valence-electron chi connectivity index (χ3n) is 3.85. The summed E-state index contributed by atoms with van der Waals surface area (Å²) in [7, 11) is 0. The molecule has 106 valence electrons. The lowest BCUT2D eigenvalue weighted by atomic mass is 10.1. The average molecular weight is 276 g/mol. The van der Waals surface area contributed by atoms with Gasteiger partial charge in [0.25, 0.3) is 0 Å². The van der Waals surface area contributed by atoms with Crippen molar-refractivity contribution in [3.8, 4) is 0 Å². The second-order valence-corrected chi connectivity index (χ2v) is 5.05. The number of carbonyl (C=O) groups is 2. The van der Waals surface area contributed by atoms with Gasteiger partial charge in [-0.25, -0.2) is 9.59 Å². The molecule has 2 bridgehead atoms. The van der Waals surface area contributed by atoms with Crippen LogP contribution in [0.3, 0.4) is 0 Å². The van der Waals surface area contributed by atoms with Crippen LogP contribution >= 0.6 is 0 Å². The van der Waals surface area contributed by atoms with Crippen molar-refractivity contribution < 1.29 is 19.4 Å². The number of piperazine rings is 3. The molecule has 1 aromatic carbocycles. The SMILES string of the molecule is O=C(O)c1ccccc1C(=O)OC1CN2CCN1CC2. The van der Waals surface area contributed by atoms with Gasteiger partial charge in [0.1, 0.15) is 0 Å². The summed E-state index contributed by atoms with van der Waals surface area (Å²) >= 11 is 0. The number of carboxylic acids is 1. The van der Waals surface area contributed by atoms with Gasteiger partial charge in [0.05, 0.1) is 11.1 Å². The lowest BCUT2D eigenvalue weighted by Crippen LogP contribution is -2.62. The minimum Gasteiger partial charge on any atom is -0.478 e. The number of fused-ring (bicyclic) bond motifs is 3. The molecule has 1 unspecified atom stereocenters. The van der Waals surface area contributed by atoms with E-state index >= 15 is 0 Å². The summed E-state index contributed by atoms with van der Waals surface area (Å²) in [6, 6.07) is 6.13. The number of nitrogens with zero attached hydrogens (tertiary/aromatic N) is 2. The standard InChI is InChI=1S/C14H16N2O4/c17-13(18)10-3-1-2-4-11(10)14(19)20-12-9-15-5-7-16(12)8-6-15/h1-4,12H,5-9H2,(H,17,18). The van der Waals surface area contributed by atoms with Crippen LogP contribution in [0.4, 0.5) is 0 Å². The van der Waals surface area contributed by atoms with E-state index in [1.54, 1.807) is 12.1 Å². The van der Waals surface area contributed by atoms with Gasteiger partial charge in [0, 0.05) is 32.7 Å². The lowest BCUT2D eigenvalue weighted by Gasteiger charge is -2.46. The first-order chi connectivity index (χ1) is 9.65. The lowest BCUT2D eigenvalue weighted by molar-refractivity contribution is -0.104. The van der Waals surface area contributed by atoms with E-state index in [0.717, 1.165) is 26.2 Å². The molecule has 0 amide bonds. The van der Waals surface area contributed by atoms with E-state index in [4.69, 9.17) is 9.84 Å². The quantitative estimate of drug-likeness (QED) is 0.811. The van der Waals surface area contributed by atoms with Crippen LogP contribution in [0, 0.1) is 0 Å². The van der Waals surface area contributed by atoms with E-state index in [1.165, 1.54) is 12.1 Å². The smallest absolute Gasteiger partial charge is 0.340 e. The van der Waals surface area contributed by atoms with E-state index in [1.807, 2.05) is 0 Å². The fourth-order valence-corrected chi connectivity index (χ4v) is 2.72. The molecule has 0 spiro atoms. The second kappa shape index (κ2) is 5.22. The molecule has 6 heteroatoms. The molecule has 3 fully saturated rings. The molecule has 1 atom stereocenters. The zero-order valence-corrected chi connectivity index (χ0v) is 11.0. The highest BCUT2D eigenvalue weighted by molar-refractivity contribution is 6.02. The topological polar surface area (TPSA) is 70.1 Å². The molecule has 1 N–H and O–H groups in total. The van der Waals surface area contributed by atoms with Crippen LogP contribution < -0.4 is 0 Å². The molecule has 6 nitrogen and oxygen atoms in total. The van der Waals surface area contributed by atoms with Crippen LogP contribution in [-0.4, -0.2) is 65.8 Å². The molecule has 3 aliphatic rings. The van der Waals surface area contributed by atoms with Crippen LogP contribution in [0.25, 0.3) is 0 Å². The maximum Gasteiger partial charge on any atom is 0.340 e. The van der Waals surface area contributed by atoms with Crippen LogP contribution in [0.15, 0.2) is 24.3 Å². The summed E-state index contributed by atoms with van der Waals surface area (Å²) in [5.41, 5.74) is 0.0893. The van der Waals surface area contributed by atoms with Crippen LogP contribution in [0.2, 0.25) is 0 Å². The van der Waals surface area contributed by atoms with Crippen molar-refractivity contribution in [3.05, 3.63) is 35.4 Å². The summed E-state index contributed by atoms with van der Waals surface area (Å²) < 4.78 is 5.48. The molecule has 0 radical (unpaired) electrons. The normalized spacial score (nSPS) is 28.1. The maximum atomic E-state index is 12.2. The van der Waals surface area contributed by atoms with Crippen molar-refractivity contribution in [2.45, 2.75) is 6.23 Å². The maximum absolute atomic E-state index is 12.2. The largest absolute Gasteiger partial charge is 0.478 e. The van der Waals surface area contributed by atoms with Gasteiger partial charge in [-0.05, 0) is 12.1 Å². The predicted molar refractivity (Wildman–Crippen MR) is 70.6 cm³/mol. The molecule has 4 rings (SSSR count). The van der Waals surface area contributed by atoms with Crippen molar-refractivity contribution in [2.24, 2.45) is 0 Å². The van der Waals surface area contributed by atoms with Crippen molar-refractivity contribution >= 4 is 11.9 Å². The van der Waals surface area contributed by atoms with Crippen molar-refractivity contribution in [1.82, 2.24) is 9.80 Å². The fraction of sp³-hybridized carbons (Fsp3) is 0.429. The Morgan fingerprint density at radius 1 is 1.10 bits per heavy atom. The zero-order valence-electron chi connectivity index (χ0n) is 11.0. The minimum atomic E-state index is -1.12. The van der Waals surface area contributed by atoms with E-state index in [-0.39, 0.29) is 17.4 Å². The Bertz CT molecular complexity index is 538. The summed E-state index contributed by atoms with van der Waals surface area (Å²) in [6.07, 6.45) is -0.271. The van der Waals surface area contributed by atoms with Crippen molar-refractivity contribution in [2.75, 3.05) is 32.7 Å². The van der Waals surface area contributed by atoms with Gasteiger partial charge in [-0.3, -0.25) is 9.80 Å². The van der Waals surface area contributed by atoms with Crippen molar-refractivity contribution in [3.63, 3.8) is 0 Å². The first-order valence-electron chi connectivity index (χ1n) is 6.65. The third kappa shape index (κ3) is 2.39. The van der Waals surface area contributed by atoms with Crippen LogP contribution in [0.1, 0.15) is 20.7 Å². The highest BCUT2D eigenvalue weighted by atomic mass is 16.6. The van der Waals surface area contributed by atoms with E-state index < -0.39 is 11.9 Å². The fourth-order valence-electron chi connectivity index (χ4n) is 2.72. The summed E-state index contributed by atoms with van der Waals surface area (Å²) in [5, 5.41) is 9.10. The van der Waals surface area contributed by atoms with Gasteiger partial charge < -0.3 is 9.84 Å². The minimum absolute atomic E-state index is 0.0197. The number of hydrogen-bond donors (Lipinski definition) is 1. The van der Waals surface area contributed by atoms with E-state index in [0.29, 0.717) is 6.54 Å². The van der Waals surface area contributed by atoms with Crippen molar-refractivity contribution in [1.29, 1.82) is 0 Å². The zero-order chi connectivity index (χ0) is 14.1. The molecule has 3 aliphatic heterocycles. The number of ether oxygens (including phenoxy) is 1. The Balaban J connectivity index is 1.75. The van der Waals surface area contributed by atoms with Gasteiger partial charge in [0.15, 0.2) is 6.23 Å². The number of carbonyl (C=O) groups excluding carboxylic acids is 1. The molecule has 0 aliphatic carbocycles. The Morgan fingerprint density at radius 3 is 2.30 bits per heavy atom. The Labute approximate surface area is 116 Å². The predicted octanol–water partition coefficient (Wildman–Crippen LogP) is 0.499. The number of aromatic carboxylic acids is 1. The van der Waals surface area contributed by atoms with Gasteiger partial charge in [-0.2, -0.15) is 0 Å². The number of esters is 1. The Kier molecular flexibility index (Phi) is 3.42. The first kappa shape index (κ1) is 13.1. The molecule has 3 saturated heterocycles. The summed E-state index contributed by atoms with van der Waals surface area (Å²) in [4.78, 5) is 27.7. The number of rotatable bonds is 3. The number of carboxylic acid groups (broad SMARTS) is 1. The van der Waals surface area contributed by atoms with Crippen LogP contribution in [-0.2, 0) is 4.74 Å². The summed E-state index contributed by atoms with van der Waals surface area (Å²) in [6.45, 7) is 4.47. The first-order valence-corrected chi connectivity index (χ1v) is 6.65. The Morgan fingerprint density at radius 2 is 1.75 bits per heavy atom. The molecule has 1 aromatic rings.